The van der Waals surface area contributed by atoms with Crippen molar-refractivity contribution in [2.45, 2.75) is 13.1 Å². The molecule has 0 N–H and O–H groups in total. The summed E-state index contributed by atoms with van der Waals surface area (Å²) in [5.41, 5.74) is -0.714. The van der Waals surface area contributed by atoms with Crippen LogP contribution in [0.4, 0.5) is 13.2 Å². The van der Waals surface area contributed by atoms with Crippen molar-refractivity contribution in [1.82, 2.24) is 14.8 Å². The Balaban J connectivity index is 2.51. The zero-order valence-corrected chi connectivity index (χ0v) is 12.4. The van der Waals surface area contributed by atoms with E-state index in [2.05, 4.69) is 10.1 Å². The Kier molecular flexibility index (Phi) is 4.41. The average molecular weight is 334 g/mol. The fourth-order valence-electron chi connectivity index (χ4n) is 1.83. The number of halogens is 4. The minimum atomic E-state index is -4.60. The summed E-state index contributed by atoms with van der Waals surface area (Å²) in [5, 5.41) is 3.58. The third kappa shape index (κ3) is 3.22. The van der Waals surface area contributed by atoms with Crippen LogP contribution in [-0.4, -0.2) is 27.3 Å². The first kappa shape index (κ1) is 16.3. The first-order chi connectivity index (χ1) is 10.2. The van der Waals surface area contributed by atoms with Crippen LogP contribution >= 0.6 is 11.6 Å². The van der Waals surface area contributed by atoms with Gasteiger partial charge in [-0.2, -0.15) is 18.3 Å². The number of aromatic nitrogens is 3. The van der Waals surface area contributed by atoms with Crippen LogP contribution < -0.4 is 0 Å². The molecule has 118 valence electrons. The number of alkyl halides is 3. The fraction of sp³-hybridized carbons (Fsp3) is 0.308. The quantitative estimate of drug-likeness (QED) is 0.638. The molecule has 2 aromatic rings. The first-order valence-corrected chi connectivity index (χ1v) is 6.56. The maximum atomic E-state index is 12.6. The third-order valence-electron chi connectivity index (χ3n) is 2.73. The van der Waals surface area contributed by atoms with Gasteiger partial charge in [-0.25, -0.2) is 9.78 Å². The highest BCUT2D eigenvalue weighted by Crippen LogP contribution is 2.34. The van der Waals surface area contributed by atoms with Gasteiger partial charge in [0.15, 0.2) is 5.69 Å². The minimum Gasteiger partial charge on any atom is -0.461 e. The van der Waals surface area contributed by atoms with Gasteiger partial charge in [0.05, 0.1) is 6.61 Å². The van der Waals surface area contributed by atoms with E-state index in [1.54, 1.807) is 14.0 Å². The van der Waals surface area contributed by atoms with Crippen LogP contribution in [0.5, 0.6) is 0 Å². The monoisotopic (exact) mass is 333 g/mol. The average Bonchev–Trinajstić information content (AvgIpc) is 2.80. The molecule has 0 aliphatic carbocycles. The number of rotatable bonds is 3. The van der Waals surface area contributed by atoms with Gasteiger partial charge < -0.3 is 4.74 Å². The summed E-state index contributed by atoms with van der Waals surface area (Å²) < 4.78 is 44.0. The summed E-state index contributed by atoms with van der Waals surface area (Å²) >= 11 is 5.83. The molecule has 0 unspecified atom stereocenters. The molecule has 0 saturated heterocycles. The van der Waals surface area contributed by atoms with Gasteiger partial charge in [-0.05, 0) is 19.1 Å². The number of esters is 1. The smallest absolute Gasteiger partial charge is 0.433 e. The summed E-state index contributed by atoms with van der Waals surface area (Å²) in [6, 6.07) is 1.95. The highest BCUT2D eigenvalue weighted by atomic mass is 35.5. The number of pyridine rings is 1. The first-order valence-electron chi connectivity index (χ1n) is 6.19. The summed E-state index contributed by atoms with van der Waals surface area (Å²) in [6.45, 7) is 1.78. The summed E-state index contributed by atoms with van der Waals surface area (Å²) in [5.74, 6) is -0.686. The van der Waals surface area contributed by atoms with Crippen LogP contribution in [0.1, 0.15) is 23.1 Å². The van der Waals surface area contributed by atoms with Crippen LogP contribution in [0, 0.1) is 0 Å². The summed E-state index contributed by atoms with van der Waals surface area (Å²) in [6.07, 6.45) is -3.14. The standard InChI is InChI=1S/C13H11ClF3N3O2/c1-3-22-12(21)10-8(6-20(2)19-10)7-4-5-9(13(15,16)17)18-11(7)14/h4-6H,3H2,1-2H3. The largest absolute Gasteiger partial charge is 0.461 e. The van der Waals surface area contributed by atoms with E-state index in [0.717, 1.165) is 12.1 Å². The van der Waals surface area contributed by atoms with Crippen molar-refractivity contribution in [3.8, 4) is 11.1 Å². The lowest BCUT2D eigenvalue weighted by molar-refractivity contribution is -0.141. The third-order valence-corrected chi connectivity index (χ3v) is 3.02. The second-order valence-electron chi connectivity index (χ2n) is 4.32. The molecule has 0 saturated carbocycles. The Bertz CT molecular complexity index is 713. The maximum Gasteiger partial charge on any atom is 0.433 e. The highest BCUT2D eigenvalue weighted by Gasteiger charge is 2.33. The number of ether oxygens (including phenoxy) is 1. The van der Waals surface area contributed by atoms with Crippen molar-refractivity contribution in [1.29, 1.82) is 0 Å². The Morgan fingerprint density at radius 2 is 2.05 bits per heavy atom. The normalized spacial score (nSPS) is 11.5. The van der Waals surface area contributed by atoms with E-state index in [1.807, 2.05) is 0 Å². The molecule has 0 radical (unpaired) electrons. The molecule has 0 aromatic carbocycles. The second kappa shape index (κ2) is 5.96. The molecule has 0 fully saturated rings. The molecule has 0 bridgehead atoms. The van der Waals surface area contributed by atoms with Gasteiger partial charge in [0, 0.05) is 24.4 Å². The van der Waals surface area contributed by atoms with E-state index in [4.69, 9.17) is 16.3 Å². The van der Waals surface area contributed by atoms with Gasteiger partial charge in [0.25, 0.3) is 0 Å². The van der Waals surface area contributed by atoms with Crippen LogP contribution in [0.3, 0.4) is 0 Å². The Morgan fingerprint density at radius 3 is 2.59 bits per heavy atom. The van der Waals surface area contributed by atoms with Crippen molar-refractivity contribution in [2.75, 3.05) is 6.61 Å². The zero-order valence-electron chi connectivity index (χ0n) is 11.6. The predicted octanol–water partition coefficient (Wildman–Crippen LogP) is 3.33. The van der Waals surface area contributed by atoms with Crippen LogP contribution in [0.2, 0.25) is 5.15 Å². The van der Waals surface area contributed by atoms with Gasteiger partial charge >= 0.3 is 12.1 Å². The lowest BCUT2D eigenvalue weighted by Crippen LogP contribution is -2.09. The molecule has 2 rings (SSSR count). The Morgan fingerprint density at radius 1 is 1.36 bits per heavy atom. The molecule has 0 aliphatic rings. The topological polar surface area (TPSA) is 57.0 Å². The van der Waals surface area contributed by atoms with Gasteiger partial charge in [-0.3, -0.25) is 4.68 Å². The second-order valence-corrected chi connectivity index (χ2v) is 4.68. The number of carbonyl (C=O) groups is 1. The number of carbonyl (C=O) groups excluding carboxylic acids is 1. The van der Waals surface area contributed by atoms with Crippen LogP contribution in [0.15, 0.2) is 18.3 Å². The zero-order chi connectivity index (χ0) is 16.5. The van der Waals surface area contributed by atoms with Crippen molar-refractivity contribution in [3.05, 3.63) is 34.9 Å². The van der Waals surface area contributed by atoms with E-state index in [0.29, 0.717) is 0 Å². The number of nitrogens with zero attached hydrogens (tertiary/aromatic N) is 3. The lowest BCUT2D eigenvalue weighted by Gasteiger charge is -2.08. The van der Waals surface area contributed by atoms with Gasteiger partial charge in [-0.15, -0.1) is 0 Å². The molecule has 9 heteroatoms. The van der Waals surface area contributed by atoms with Crippen molar-refractivity contribution < 1.29 is 22.7 Å². The Labute approximate surface area is 128 Å². The van der Waals surface area contributed by atoms with E-state index >= 15 is 0 Å². The van der Waals surface area contributed by atoms with E-state index in [9.17, 15) is 18.0 Å². The fourth-order valence-corrected chi connectivity index (χ4v) is 2.08. The van der Waals surface area contributed by atoms with Crippen molar-refractivity contribution >= 4 is 17.6 Å². The van der Waals surface area contributed by atoms with Crippen molar-refractivity contribution in [3.63, 3.8) is 0 Å². The number of aryl methyl sites for hydroxylation is 1. The molecule has 22 heavy (non-hydrogen) atoms. The lowest BCUT2D eigenvalue weighted by atomic mass is 10.1. The van der Waals surface area contributed by atoms with E-state index in [-0.39, 0.29) is 28.6 Å². The van der Waals surface area contributed by atoms with Gasteiger partial charge in [0.1, 0.15) is 10.8 Å². The van der Waals surface area contributed by atoms with Crippen molar-refractivity contribution in [2.24, 2.45) is 7.05 Å². The SMILES string of the molecule is CCOC(=O)c1nn(C)cc1-c1ccc(C(F)(F)F)nc1Cl. The molecule has 2 heterocycles. The van der Waals surface area contributed by atoms with Crippen LogP contribution in [0.25, 0.3) is 11.1 Å². The van der Waals surface area contributed by atoms with E-state index < -0.39 is 17.8 Å². The molecule has 2 aromatic heterocycles. The Hall–Kier alpha value is -2.09. The molecular weight excluding hydrogens is 323 g/mol. The summed E-state index contributed by atoms with van der Waals surface area (Å²) in [7, 11) is 1.57. The molecular formula is C13H11ClF3N3O2. The van der Waals surface area contributed by atoms with E-state index in [1.165, 1.54) is 10.9 Å². The molecule has 0 atom stereocenters. The molecule has 0 aliphatic heterocycles. The van der Waals surface area contributed by atoms with Gasteiger partial charge in [-0.1, -0.05) is 11.6 Å². The molecule has 0 amide bonds. The summed E-state index contributed by atoms with van der Waals surface area (Å²) in [4.78, 5) is 15.2. The number of hydrogen-bond acceptors (Lipinski definition) is 4. The van der Waals surface area contributed by atoms with Crippen LogP contribution in [-0.2, 0) is 18.0 Å². The minimum absolute atomic E-state index is 0.0344. The number of hydrogen-bond donors (Lipinski definition) is 0. The predicted molar refractivity (Wildman–Crippen MR) is 72.4 cm³/mol. The molecule has 0 spiro atoms. The highest BCUT2D eigenvalue weighted by molar-refractivity contribution is 6.32. The molecule has 5 nitrogen and oxygen atoms in total. The maximum absolute atomic E-state index is 12.6. The van der Waals surface area contributed by atoms with Gasteiger partial charge in [0.2, 0.25) is 0 Å².